The van der Waals surface area contributed by atoms with Gasteiger partial charge >= 0.3 is 0 Å². The Morgan fingerprint density at radius 3 is 2.82 bits per heavy atom. The first-order chi connectivity index (χ1) is 8.31. The van der Waals surface area contributed by atoms with Gasteiger partial charge in [0.15, 0.2) is 11.5 Å². The van der Waals surface area contributed by atoms with E-state index >= 15 is 0 Å². The van der Waals surface area contributed by atoms with Crippen molar-refractivity contribution in [2.45, 2.75) is 12.8 Å². The molecule has 1 aromatic carbocycles. The molecule has 2 rings (SSSR count). The summed E-state index contributed by atoms with van der Waals surface area (Å²) in [6, 6.07) is 8.09. The first kappa shape index (κ1) is 11.6. The Bertz CT molecular complexity index is 426. The SMILES string of the molecule is CN(CCCC#N)c1ccc2c(c1)OCCO2. The van der Waals surface area contributed by atoms with E-state index in [0.717, 1.165) is 30.2 Å². The molecular weight excluding hydrogens is 216 g/mol. The van der Waals surface area contributed by atoms with Gasteiger partial charge in [0.25, 0.3) is 0 Å². The Kier molecular flexibility index (Phi) is 3.71. The molecule has 0 N–H and O–H groups in total. The maximum Gasteiger partial charge on any atom is 0.163 e. The Labute approximate surface area is 101 Å². The van der Waals surface area contributed by atoms with Crippen LogP contribution in [0.25, 0.3) is 0 Å². The van der Waals surface area contributed by atoms with E-state index in [4.69, 9.17) is 14.7 Å². The lowest BCUT2D eigenvalue weighted by Gasteiger charge is -2.23. The summed E-state index contributed by atoms with van der Waals surface area (Å²) < 4.78 is 11.0. The molecule has 0 atom stereocenters. The van der Waals surface area contributed by atoms with Crippen molar-refractivity contribution >= 4 is 5.69 Å². The fraction of sp³-hybridized carbons (Fsp3) is 0.462. The normalized spacial score (nSPS) is 12.9. The van der Waals surface area contributed by atoms with E-state index in [1.807, 2.05) is 25.2 Å². The van der Waals surface area contributed by atoms with Gasteiger partial charge in [0.2, 0.25) is 0 Å². The molecule has 0 aromatic heterocycles. The van der Waals surface area contributed by atoms with Crippen LogP contribution in [0.15, 0.2) is 18.2 Å². The summed E-state index contributed by atoms with van der Waals surface area (Å²) in [5.74, 6) is 1.62. The fourth-order valence-electron chi connectivity index (χ4n) is 1.79. The summed E-state index contributed by atoms with van der Waals surface area (Å²) >= 11 is 0. The summed E-state index contributed by atoms with van der Waals surface area (Å²) in [7, 11) is 2.02. The molecule has 0 fully saturated rings. The molecule has 0 radical (unpaired) electrons. The lowest BCUT2D eigenvalue weighted by molar-refractivity contribution is 0.171. The second-order valence-electron chi connectivity index (χ2n) is 4.01. The van der Waals surface area contributed by atoms with E-state index in [1.165, 1.54) is 0 Å². The van der Waals surface area contributed by atoms with Crippen LogP contribution in [0.5, 0.6) is 11.5 Å². The summed E-state index contributed by atoms with van der Waals surface area (Å²) in [6.07, 6.45) is 1.47. The van der Waals surface area contributed by atoms with Crippen molar-refractivity contribution in [1.82, 2.24) is 0 Å². The highest BCUT2D eigenvalue weighted by atomic mass is 16.6. The Morgan fingerprint density at radius 1 is 1.29 bits per heavy atom. The monoisotopic (exact) mass is 232 g/mol. The zero-order chi connectivity index (χ0) is 12.1. The minimum Gasteiger partial charge on any atom is -0.486 e. The van der Waals surface area contributed by atoms with Gasteiger partial charge in [0.1, 0.15) is 13.2 Å². The number of hydrogen-bond donors (Lipinski definition) is 0. The summed E-state index contributed by atoms with van der Waals surface area (Å²) in [5, 5.41) is 8.50. The number of hydrogen-bond acceptors (Lipinski definition) is 4. The minimum atomic E-state index is 0.592. The zero-order valence-corrected chi connectivity index (χ0v) is 9.98. The van der Waals surface area contributed by atoms with Crippen LogP contribution in [0.2, 0.25) is 0 Å². The number of unbranched alkanes of at least 4 members (excludes halogenated alkanes) is 1. The van der Waals surface area contributed by atoms with Crippen LogP contribution < -0.4 is 14.4 Å². The Morgan fingerprint density at radius 2 is 2.06 bits per heavy atom. The molecule has 1 heterocycles. The smallest absolute Gasteiger partial charge is 0.163 e. The first-order valence-electron chi connectivity index (χ1n) is 5.79. The Balaban J connectivity index is 2.03. The van der Waals surface area contributed by atoms with E-state index in [9.17, 15) is 0 Å². The molecule has 4 nitrogen and oxygen atoms in total. The number of benzene rings is 1. The molecule has 0 saturated carbocycles. The van der Waals surface area contributed by atoms with Crippen LogP contribution in [-0.2, 0) is 0 Å². The predicted molar refractivity (Wildman–Crippen MR) is 65.5 cm³/mol. The standard InChI is InChI=1S/C13H16N2O2/c1-15(7-3-2-6-14)11-4-5-12-13(10-11)17-9-8-16-12/h4-5,10H,2-3,7-9H2,1H3. The first-order valence-corrected chi connectivity index (χ1v) is 5.79. The third-order valence-corrected chi connectivity index (χ3v) is 2.75. The zero-order valence-electron chi connectivity index (χ0n) is 9.98. The van der Waals surface area contributed by atoms with Crippen molar-refractivity contribution in [1.29, 1.82) is 5.26 Å². The van der Waals surface area contributed by atoms with Crippen molar-refractivity contribution in [2.24, 2.45) is 0 Å². The third-order valence-electron chi connectivity index (χ3n) is 2.75. The topological polar surface area (TPSA) is 45.5 Å². The molecule has 0 bridgehead atoms. The quantitative estimate of drug-likeness (QED) is 0.746. The number of rotatable bonds is 4. The van der Waals surface area contributed by atoms with Gasteiger partial charge < -0.3 is 14.4 Å². The summed E-state index contributed by atoms with van der Waals surface area (Å²) in [6.45, 7) is 2.09. The van der Waals surface area contributed by atoms with Crippen molar-refractivity contribution in [3.05, 3.63) is 18.2 Å². The predicted octanol–water partition coefficient (Wildman–Crippen LogP) is 2.20. The molecular formula is C13H16N2O2. The minimum absolute atomic E-state index is 0.592. The number of anilines is 1. The molecule has 1 aliphatic rings. The highest BCUT2D eigenvalue weighted by Gasteiger charge is 2.12. The fourth-order valence-corrected chi connectivity index (χ4v) is 1.79. The van der Waals surface area contributed by atoms with E-state index < -0.39 is 0 Å². The molecule has 0 saturated heterocycles. The molecule has 4 heteroatoms. The third kappa shape index (κ3) is 2.82. The Hall–Kier alpha value is -1.89. The number of fused-ring (bicyclic) bond motifs is 1. The van der Waals surface area contributed by atoms with Gasteiger partial charge in [-0.1, -0.05) is 0 Å². The van der Waals surface area contributed by atoms with E-state index in [2.05, 4.69) is 11.0 Å². The van der Waals surface area contributed by atoms with Gasteiger partial charge in [-0.05, 0) is 18.6 Å². The molecule has 0 amide bonds. The highest BCUT2D eigenvalue weighted by Crippen LogP contribution is 2.33. The van der Waals surface area contributed by atoms with E-state index in [1.54, 1.807) is 0 Å². The van der Waals surface area contributed by atoms with Crippen molar-refractivity contribution in [3.63, 3.8) is 0 Å². The lowest BCUT2D eigenvalue weighted by Crippen LogP contribution is -2.20. The van der Waals surface area contributed by atoms with Gasteiger partial charge in [-0.3, -0.25) is 0 Å². The number of nitrogens with zero attached hydrogens (tertiary/aromatic N) is 2. The maximum atomic E-state index is 8.50. The van der Waals surface area contributed by atoms with Crippen molar-refractivity contribution in [2.75, 3.05) is 31.7 Å². The molecule has 17 heavy (non-hydrogen) atoms. The van der Waals surface area contributed by atoms with Crippen LogP contribution in [0, 0.1) is 11.3 Å². The molecule has 0 unspecified atom stereocenters. The van der Waals surface area contributed by atoms with E-state index in [-0.39, 0.29) is 0 Å². The molecule has 1 aromatic rings. The van der Waals surface area contributed by atoms with E-state index in [0.29, 0.717) is 19.6 Å². The van der Waals surface area contributed by atoms with Gasteiger partial charge in [0, 0.05) is 31.8 Å². The maximum absolute atomic E-state index is 8.50. The largest absolute Gasteiger partial charge is 0.486 e. The van der Waals surface area contributed by atoms with Crippen molar-refractivity contribution < 1.29 is 9.47 Å². The summed E-state index contributed by atoms with van der Waals surface area (Å²) in [4.78, 5) is 2.12. The van der Waals surface area contributed by atoms with Gasteiger partial charge in [-0.15, -0.1) is 0 Å². The van der Waals surface area contributed by atoms with Crippen LogP contribution in [0.1, 0.15) is 12.8 Å². The van der Waals surface area contributed by atoms with Gasteiger partial charge in [-0.2, -0.15) is 5.26 Å². The second kappa shape index (κ2) is 5.44. The van der Waals surface area contributed by atoms with Crippen LogP contribution in [0.4, 0.5) is 5.69 Å². The number of ether oxygens (including phenoxy) is 2. The second-order valence-corrected chi connectivity index (χ2v) is 4.01. The molecule has 0 aliphatic carbocycles. The van der Waals surface area contributed by atoms with Crippen molar-refractivity contribution in [3.8, 4) is 17.6 Å². The average Bonchev–Trinajstić information content (AvgIpc) is 2.38. The summed E-state index contributed by atoms with van der Waals surface area (Å²) in [5.41, 5.74) is 1.09. The van der Waals surface area contributed by atoms with Gasteiger partial charge in [0.05, 0.1) is 6.07 Å². The van der Waals surface area contributed by atoms with Crippen LogP contribution in [0.3, 0.4) is 0 Å². The van der Waals surface area contributed by atoms with Crippen LogP contribution in [-0.4, -0.2) is 26.8 Å². The van der Waals surface area contributed by atoms with Crippen LogP contribution >= 0.6 is 0 Å². The molecule has 0 spiro atoms. The molecule has 90 valence electrons. The van der Waals surface area contributed by atoms with Gasteiger partial charge in [-0.25, -0.2) is 0 Å². The highest BCUT2D eigenvalue weighted by molar-refractivity contribution is 5.56. The number of nitriles is 1. The lowest BCUT2D eigenvalue weighted by atomic mass is 10.2. The average molecular weight is 232 g/mol. The molecule has 1 aliphatic heterocycles.